The Bertz CT molecular complexity index is 635. The molecule has 1 unspecified atom stereocenters. The minimum Gasteiger partial charge on any atom is -0.496 e. The number of ether oxygens (including phenoxy) is 1. The minimum atomic E-state index is 0.358. The van der Waals surface area contributed by atoms with E-state index in [9.17, 15) is 0 Å². The zero-order valence-electron chi connectivity index (χ0n) is 15.4. The molecule has 1 N–H and O–H groups in total. The predicted octanol–water partition coefficient (Wildman–Crippen LogP) is 3.90. The molecule has 0 aromatic heterocycles. The first-order valence-electron chi connectivity index (χ1n) is 9.37. The molecular formula is C22H30N2O. The van der Waals surface area contributed by atoms with Gasteiger partial charge in [0, 0.05) is 17.5 Å². The van der Waals surface area contributed by atoms with Crippen molar-refractivity contribution in [1.29, 1.82) is 0 Å². The summed E-state index contributed by atoms with van der Waals surface area (Å²) in [4.78, 5) is 2.42. The van der Waals surface area contributed by atoms with E-state index in [0.717, 1.165) is 18.7 Å². The van der Waals surface area contributed by atoms with E-state index < -0.39 is 0 Å². The molecule has 1 fully saturated rings. The van der Waals surface area contributed by atoms with E-state index >= 15 is 0 Å². The highest BCUT2D eigenvalue weighted by Crippen LogP contribution is 2.34. The van der Waals surface area contributed by atoms with Crippen molar-refractivity contribution >= 4 is 0 Å². The lowest BCUT2D eigenvalue weighted by Crippen LogP contribution is -2.41. The number of nitrogens with zero attached hydrogens (tertiary/aromatic N) is 1. The Morgan fingerprint density at radius 2 is 1.72 bits per heavy atom. The maximum Gasteiger partial charge on any atom is 0.122 e. The van der Waals surface area contributed by atoms with Crippen LogP contribution in [0.25, 0.3) is 0 Å². The molecule has 2 aromatic rings. The van der Waals surface area contributed by atoms with Crippen LogP contribution in [0, 0.1) is 0 Å². The summed E-state index contributed by atoms with van der Waals surface area (Å²) in [6.45, 7) is 3.44. The largest absolute Gasteiger partial charge is 0.496 e. The quantitative estimate of drug-likeness (QED) is 0.828. The minimum absolute atomic E-state index is 0.358. The van der Waals surface area contributed by atoms with Gasteiger partial charge in [0.05, 0.1) is 7.11 Å². The number of hydrogen-bond acceptors (Lipinski definition) is 3. The number of likely N-dealkylation sites (tertiary alicyclic amines) is 1. The maximum atomic E-state index is 5.63. The predicted molar refractivity (Wildman–Crippen MR) is 104 cm³/mol. The first-order valence-corrected chi connectivity index (χ1v) is 9.37. The molecule has 3 heteroatoms. The number of rotatable bonds is 7. The molecule has 1 saturated heterocycles. The molecule has 0 radical (unpaired) electrons. The van der Waals surface area contributed by atoms with Gasteiger partial charge in [-0.1, -0.05) is 48.5 Å². The molecule has 1 atom stereocenters. The van der Waals surface area contributed by atoms with Gasteiger partial charge >= 0.3 is 0 Å². The molecular weight excluding hydrogens is 308 g/mol. The number of benzene rings is 2. The normalized spacial score (nSPS) is 17.4. The number of methoxy groups -OCH3 is 1. The third-order valence-corrected chi connectivity index (χ3v) is 5.30. The van der Waals surface area contributed by atoms with Crippen LogP contribution in [0.3, 0.4) is 0 Å². The highest BCUT2D eigenvalue weighted by atomic mass is 16.5. The monoisotopic (exact) mass is 338 g/mol. The van der Waals surface area contributed by atoms with Gasteiger partial charge in [-0.3, -0.25) is 0 Å². The smallest absolute Gasteiger partial charge is 0.122 e. The second kappa shape index (κ2) is 9.02. The van der Waals surface area contributed by atoms with E-state index in [0.29, 0.717) is 12.0 Å². The Balaban J connectivity index is 1.69. The lowest BCUT2D eigenvalue weighted by atomic mass is 9.87. The van der Waals surface area contributed by atoms with Gasteiger partial charge in [0.15, 0.2) is 0 Å². The van der Waals surface area contributed by atoms with E-state index in [1.807, 2.05) is 6.07 Å². The van der Waals surface area contributed by atoms with Gasteiger partial charge in [-0.15, -0.1) is 0 Å². The zero-order chi connectivity index (χ0) is 17.5. The SMILES string of the molecule is COc1ccccc1C(CCNC1CCN(C)CC1)c1ccccc1. The highest BCUT2D eigenvalue weighted by molar-refractivity contribution is 5.42. The molecule has 1 aliphatic rings. The van der Waals surface area contributed by atoms with Crippen molar-refractivity contribution in [2.75, 3.05) is 33.8 Å². The summed E-state index contributed by atoms with van der Waals surface area (Å²) in [5, 5.41) is 3.78. The van der Waals surface area contributed by atoms with Crippen LogP contribution in [0.2, 0.25) is 0 Å². The number of piperidine rings is 1. The standard InChI is InChI=1S/C22H30N2O/c1-24-16-13-19(14-17-24)23-15-12-20(18-8-4-3-5-9-18)21-10-6-7-11-22(21)25-2/h3-11,19-20,23H,12-17H2,1-2H3. The second-order valence-electron chi connectivity index (χ2n) is 7.03. The average Bonchev–Trinajstić information content (AvgIpc) is 2.67. The first-order chi connectivity index (χ1) is 12.3. The van der Waals surface area contributed by atoms with Crippen LogP contribution in [-0.2, 0) is 0 Å². The summed E-state index contributed by atoms with van der Waals surface area (Å²) >= 11 is 0. The van der Waals surface area contributed by atoms with E-state index in [-0.39, 0.29) is 0 Å². The maximum absolute atomic E-state index is 5.63. The van der Waals surface area contributed by atoms with Crippen LogP contribution < -0.4 is 10.1 Å². The van der Waals surface area contributed by atoms with Crippen LogP contribution >= 0.6 is 0 Å². The lowest BCUT2D eigenvalue weighted by molar-refractivity contribution is 0.234. The molecule has 0 spiro atoms. The van der Waals surface area contributed by atoms with Crippen molar-refractivity contribution in [2.24, 2.45) is 0 Å². The Kier molecular flexibility index (Phi) is 6.48. The van der Waals surface area contributed by atoms with Gasteiger partial charge in [0.2, 0.25) is 0 Å². The molecule has 0 amide bonds. The van der Waals surface area contributed by atoms with Gasteiger partial charge in [-0.05, 0) is 57.6 Å². The molecule has 0 aliphatic carbocycles. The molecule has 0 saturated carbocycles. The van der Waals surface area contributed by atoms with Crippen molar-refractivity contribution in [3.05, 3.63) is 65.7 Å². The van der Waals surface area contributed by atoms with Crippen molar-refractivity contribution in [2.45, 2.75) is 31.2 Å². The van der Waals surface area contributed by atoms with E-state index in [4.69, 9.17) is 4.74 Å². The molecule has 25 heavy (non-hydrogen) atoms. The molecule has 0 bridgehead atoms. The number of nitrogens with one attached hydrogen (secondary N) is 1. The molecule has 2 aromatic carbocycles. The summed E-state index contributed by atoms with van der Waals surface area (Å²) in [5.41, 5.74) is 2.64. The first kappa shape index (κ1) is 18.0. The van der Waals surface area contributed by atoms with Crippen molar-refractivity contribution in [3.8, 4) is 5.75 Å². The zero-order valence-corrected chi connectivity index (χ0v) is 15.4. The lowest BCUT2D eigenvalue weighted by Gasteiger charge is -2.30. The Hall–Kier alpha value is -1.84. The van der Waals surface area contributed by atoms with Crippen LogP contribution in [0.5, 0.6) is 5.75 Å². The van der Waals surface area contributed by atoms with Crippen LogP contribution in [0.1, 0.15) is 36.3 Å². The van der Waals surface area contributed by atoms with Gasteiger partial charge in [-0.25, -0.2) is 0 Å². The fourth-order valence-corrected chi connectivity index (χ4v) is 3.79. The summed E-state index contributed by atoms with van der Waals surface area (Å²) in [6, 6.07) is 19.9. The Labute approximate surface area is 152 Å². The Morgan fingerprint density at radius 3 is 2.44 bits per heavy atom. The molecule has 3 nitrogen and oxygen atoms in total. The average molecular weight is 338 g/mol. The fourth-order valence-electron chi connectivity index (χ4n) is 3.79. The van der Waals surface area contributed by atoms with Crippen molar-refractivity contribution < 1.29 is 4.74 Å². The second-order valence-corrected chi connectivity index (χ2v) is 7.03. The van der Waals surface area contributed by atoms with Gasteiger partial charge in [0.1, 0.15) is 5.75 Å². The third-order valence-electron chi connectivity index (χ3n) is 5.30. The topological polar surface area (TPSA) is 24.5 Å². The van der Waals surface area contributed by atoms with Crippen LogP contribution in [0.4, 0.5) is 0 Å². The van der Waals surface area contributed by atoms with E-state index in [1.165, 1.54) is 37.1 Å². The van der Waals surface area contributed by atoms with Crippen LogP contribution in [0.15, 0.2) is 54.6 Å². The number of para-hydroxylation sites is 1. The van der Waals surface area contributed by atoms with E-state index in [1.54, 1.807) is 7.11 Å². The molecule has 1 heterocycles. The van der Waals surface area contributed by atoms with E-state index in [2.05, 4.69) is 65.8 Å². The Morgan fingerprint density at radius 1 is 1.04 bits per heavy atom. The van der Waals surface area contributed by atoms with Crippen molar-refractivity contribution in [1.82, 2.24) is 10.2 Å². The summed E-state index contributed by atoms with van der Waals surface area (Å²) in [5.74, 6) is 1.34. The molecule has 3 rings (SSSR count). The molecule has 134 valence electrons. The van der Waals surface area contributed by atoms with Gasteiger partial charge < -0.3 is 15.0 Å². The summed E-state index contributed by atoms with van der Waals surface area (Å²) < 4.78 is 5.63. The fraction of sp³-hybridized carbons (Fsp3) is 0.455. The van der Waals surface area contributed by atoms with Crippen molar-refractivity contribution in [3.63, 3.8) is 0 Å². The summed E-state index contributed by atoms with van der Waals surface area (Å²) in [7, 11) is 3.97. The van der Waals surface area contributed by atoms with Crippen LogP contribution in [-0.4, -0.2) is 44.7 Å². The van der Waals surface area contributed by atoms with Gasteiger partial charge in [-0.2, -0.15) is 0 Å². The highest BCUT2D eigenvalue weighted by Gasteiger charge is 2.20. The van der Waals surface area contributed by atoms with Gasteiger partial charge in [0.25, 0.3) is 0 Å². The summed E-state index contributed by atoms with van der Waals surface area (Å²) in [6.07, 6.45) is 3.58. The number of hydrogen-bond donors (Lipinski definition) is 1. The molecule has 1 aliphatic heterocycles. The third kappa shape index (κ3) is 4.83.